The Balaban J connectivity index is 1.34. The van der Waals surface area contributed by atoms with Crippen LogP contribution in [0.15, 0.2) is 85.2 Å². The van der Waals surface area contributed by atoms with E-state index in [1.54, 1.807) is 11.1 Å². The Bertz CT molecular complexity index is 2070. The van der Waals surface area contributed by atoms with Gasteiger partial charge in [0.2, 0.25) is 11.4 Å². The van der Waals surface area contributed by atoms with Gasteiger partial charge >= 0.3 is 0 Å². The average Bonchev–Trinajstić information content (AvgIpc) is 3.70. The molecule has 4 unspecified atom stereocenters. The molecule has 226 valence electrons. The third-order valence-corrected chi connectivity index (χ3v) is 12.9. The topological polar surface area (TPSA) is 7.76 Å². The maximum Gasteiger partial charge on any atom is 0.221 e. The first-order chi connectivity index (χ1) is 21.8. The minimum absolute atomic E-state index is 0.0313. The van der Waals surface area contributed by atoms with Gasteiger partial charge in [0, 0.05) is 42.0 Å². The molecule has 2 aliphatic carbocycles. The molecule has 2 nitrogen and oxygen atoms in total. The normalized spacial score (nSPS) is 25.8. The molecule has 0 spiro atoms. The fraction of sp³-hybridized carbons (Fsp3) is 0.395. The Morgan fingerprint density at radius 3 is 2.47 bits per heavy atom. The molecule has 9 rings (SSSR count). The minimum Gasteiger partial charge on any atom is -0.195 e. The standard InChI is InChI=1S/C43H46N2/c1-7-10-14-28-24-30-20-22-45-39-37(30)34(25-28)41(5,6)32-15-13-16-33(38(32)39)42(8-2)40(43(42,45)9-3)36-26-29-19-18-27(4)23-31(29)35-17-11-12-21-44(35)36/h11-13,15-25,36,40H,7-10,14,26H2,1-6H3/q+2. The summed E-state index contributed by atoms with van der Waals surface area (Å²) in [5, 5.41) is 2.93. The van der Waals surface area contributed by atoms with Gasteiger partial charge in [0.15, 0.2) is 24.0 Å². The molecule has 2 aromatic heterocycles. The fourth-order valence-corrected chi connectivity index (χ4v) is 11.0. The van der Waals surface area contributed by atoms with Crippen LogP contribution in [0.1, 0.15) is 99.7 Å². The summed E-state index contributed by atoms with van der Waals surface area (Å²) in [4.78, 5) is 0. The van der Waals surface area contributed by atoms with Crippen LogP contribution in [0.5, 0.6) is 0 Å². The summed E-state index contributed by atoms with van der Waals surface area (Å²) in [6.45, 7) is 14.5. The molecule has 4 heterocycles. The van der Waals surface area contributed by atoms with Crippen molar-refractivity contribution in [3.63, 3.8) is 0 Å². The summed E-state index contributed by atoms with van der Waals surface area (Å²) in [6, 6.07) is 29.3. The molecule has 0 radical (unpaired) electrons. The smallest absolute Gasteiger partial charge is 0.195 e. The van der Waals surface area contributed by atoms with Crippen molar-refractivity contribution in [2.45, 2.75) is 102 Å². The second-order valence-corrected chi connectivity index (χ2v) is 15.1. The molecule has 2 heteroatoms. The van der Waals surface area contributed by atoms with E-state index in [2.05, 4.69) is 136 Å². The van der Waals surface area contributed by atoms with Crippen LogP contribution >= 0.6 is 0 Å². The van der Waals surface area contributed by atoms with Crippen LogP contribution in [0.3, 0.4) is 0 Å². The monoisotopic (exact) mass is 590 g/mol. The maximum atomic E-state index is 2.83. The number of unbranched alkanes of at least 4 members (excludes halogenated alkanes) is 1. The summed E-state index contributed by atoms with van der Waals surface area (Å²) in [5.41, 5.74) is 14.9. The molecule has 2 aliphatic heterocycles. The molecule has 1 saturated carbocycles. The quantitative estimate of drug-likeness (QED) is 0.174. The molecule has 0 bridgehead atoms. The maximum absolute atomic E-state index is 2.83. The van der Waals surface area contributed by atoms with Crippen molar-refractivity contribution < 1.29 is 9.13 Å². The average molecular weight is 591 g/mol. The second kappa shape index (κ2) is 9.15. The van der Waals surface area contributed by atoms with Crippen molar-refractivity contribution in [3.8, 4) is 22.5 Å². The van der Waals surface area contributed by atoms with Gasteiger partial charge in [-0.3, -0.25) is 0 Å². The molecular formula is C43H46N2+2. The zero-order valence-corrected chi connectivity index (χ0v) is 27.9. The highest BCUT2D eigenvalue weighted by Gasteiger charge is 2.88. The molecule has 4 atom stereocenters. The SMILES string of the molecule is CCCCc1cc2c3c4[n+](ccc3c1)C1(CC)C(C3Cc5ccc(C)cc5-c5cccc[n+]53)C1(CC)c1cccc(c1-4)C2(C)C. The molecular weight excluding hydrogens is 544 g/mol. The first-order valence-corrected chi connectivity index (χ1v) is 17.6. The van der Waals surface area contributed by atoms with Gasteiger partial charge in [0.1, 0.15) is 5.92 Å². The van der Waals surface area contributed by atoms with Crippen molar-refractivity contribution in [1.82, 2.24) is 0 Å². The molecule has 1 fully saturated rings. The van der Waals surface area contributed by atoms with E-state index >= 15 is 0 Å². The highest BCUT2D eigenvalue weighted by molar-refractivity contribution is 6.02. The lowest BCUT2D eigenvalue weighted by atomic mass is 9.65. The van der Waals surface area contributed by atoms with Crippen molar-refractivity contribution >= 4 is 10.8 Å². The Labute approximate surface area is 268 Å². The van der Waals surface area contributed by atoms with Gasteiger partial charge in [-0.2, -0.15) is 9.13 Å². The number of aromatic nitrogens is 2. The molecule has 4 aliphatic rings. The number of benzene rings is 3. The van der Waals surface area contributed by atoms with Crippen LogP contribution in [0, 0.1) is 12.8 Å². The van der Waals surface area contributed by atoms with Crippen molar-refractivity contribution in [2.75, 3.05) is 0 Å². The first-order valence-electron chi connectivity index (χ1n) is 17.6. The van der Waals surface area contributed by atoms with E-state index in [0.29, 0.717) is 12.0 Å². The predicted molar refractivity (Wildman–Crippen MR) is 184 cm³/mol. The van der Waals surface area contributed by atoms with E-state index in [1.165, 1.54) is 68.4 Å². The van der Waals surface area contributed by atoms with Crippen molar-refractivity contribution in [3.05, 3.63) is 119 Å². The number of aryl methyl sites for hydroxylation is 2. The molecule has 0 amide bonds. The molecule has 0 N–H and O–H groups in total. The van der Waals surface area contributed by atoms with Gasteiger partial charge in [-0.15, -0.1) is 0 Å². The summed E-state index contributed by atoms with van der Waals surface area (Å²) in [7, 11) is 0. The number of nitrogens with zero attached hydrogens (tertiary/aromatic N) is 2. The van der Waals surface area contributed by atoms with Crippen molar-refractivity contribution in [2.24, 2.45) is 5.92 Å². The van der Waals surface area contributed by atoms with Gasteiger partial charge < -0.3 is 0 Å². The number of pyridine rings is 2. The van der Waals surface area contributed by atoms with Gasteiger partial charge in [-0.05, 0) is 71.5 Å². The molecule has 3 aromatic carbocycles. The Morgan fingerprint density at radius 1 is 0.822 bits per heavy atom. The lowest BCUT2D eigenvalue weighted by Crippen LogP contribution is -2.57. The highest BCUT2D eigenvalue weighted by Crippen LogP contribution is 2.76. The Hall–Kier alpha value is -3.78. The van der Waals surface area contributed by atoms with E-state index in [-0.39, 0.29) is 16.4 Å². The fourth-order valence-electron chi connectivity index (χ4n) is 11.0. The summed E-state index contributed by atoms with van der Waals surface area (Å²) >= 11 is 0. The van der Waals surface area contributed by atoms with Crippen LogP contribution < -0.4 is 9.13 Å². The van der Waals surface area contributed by atoms with Crippen molar-refractivity contribution in [1.29, 1.82) is 0 Å². The van der Waals surface area contributed by atoms with E-state index < -0.39 is 0 Å². The van der Waals surface area contributed by atoms with E-state index in [9.17, 15) is 0 Å². The van der Waals surface area contributed by atoms with E-state index in [0.717, 1.165) is 25.7 Å². The van der Waals surface area contributed by atoms with Gasteiger partial charge in [0.25, 0.3) is 0 Å². The molecule has 0 saturated heterocycles. The Kier molecular flexibility index (Phi) is 5.60. The third kappa shape index (κ3) is 3.17. The first kappa shape index (κ1) is 27.5. The van der Waals surface area contributed by atoms with E-state index in [4.69, 9.17) is 0 Å². The van der Waals surface area contributed by atoms with Crippen LogP contribution in [-0.2, 0) is 29.2 Å². The van der Waals surface area contributed by atoms with Crippen LogP contribution in [-0.4, -0.2) is 0 Å². The predicted octanol–water partition coefficient (Wildman–Crippen LogP) is 9.23. The van der Waals surface area contributed by atoms with Gasteiger partial charge in [0.05, 0.1) is 16.4 Å². The Morgan fingerprint density at radius 2 is 1.67 bits per heavy atom. The minimum atomic E-state index is -0.0491. The van der Waals surface area contributed by atoms with Crippen LogP contribution in [0.2, 0.25) is 0 Å². The lowest BCUT2D eigenvalue weighted by molar-refractivity contribution is -0.756. The third-order valence-electron chi connectivity index (χ3n) is 12.9. The van der Waals surface area contributed by atoms with Gasteiger partial charge in [-0.1, -0.05) is 89.1 Å². The van der Waals surface area contributed by atoms with E-state index in [1.807, 2.05) is 0 Å². The van der Waals surface area contributed by atoms with Crippen LogP contribution in [0.25, 0.3) is 33.3 Å². The number of hydrogen-bond acceptors (Lipinski definition) is 0. The molecule has 5 aromatic rings. The summed E-state index contributed by atoms with van der Waals surface area (Å²) < 4.78 is 5.49. The zero-order valence-electron chi connectivity index (χ0n) is 27.9. The van der Waals surface area contributed by atoms with Crippen LogP contribution in [0.4, 0.5) is 0 Å². The lowest BCUT2D eigenvalue weighted by Gasteiger charge is -2.39. The number of hydrogen-bond donors (Lipinski definition) is 0. The summed E-state index contributed by atoms with van der Waals surface area (Å²) in [6.07, 6.45) is 11.9. The highest BCUT2D eigenvalue weighted by atomic mass is 15.2. The molecule has 45 heavy (non-hydrogen) atoms. The zero-order chi connectivity index (χ0) is 30.9. The number of rotatable bonds is 6. The largest absolute Gasteiger partial charge is 0.221 e. The second-order valence-electron chi connectivity index (χ2n) is 15.1. The van der Waals surface area contributed by atoms with Gasteiger partial charge in [-0.25, -0.2) is 0 Å². The number of fused-ring (bicyclic) bond motifs is 6. The summed E-state index contributed by atoms with van der Waals surface area (Å²) in [5.74, 6) is 0.492.